The van der Waals surface area contributed by atoms with Crippen molar-refractivity contribution >= 4 is 17.3 Å². The molecule has 0 bridgehead atoms. The van der Waals surface area contributed by atoms with Crippen molar-refractivity contribution in [3.8, 4) is 0 Å². The number of nitrogens with one attached hydrogen (secondary N) is 3. The van der Waals surface area contributed by atoms with Crippen molar-refractivity contribution in [1.82, 2.24) is 10.6 Å². The molecule has 1 atom stereocenters. The average Bonchev–Trinajstić information content (AvgIpc) is 2.39. The van der Waals surface area contributed by atoms with Gasteiger partial charge in [0.05, 0.1) is 33.2 Å². The van der Waals surface area contributed by atoms with Gasteiger partial charge in [0.2, 0.25) is 0 Å². The number of likely N-dealkylation sites (N-methyl/N-ethyl adjacent to an activating group) is 1. The van der Waals surface area contributed by atoms with Crippen molar-refractivity contribution in [2.45, 2.75) is 25.3 Å². The second-order valence-corrected chi connectivity index (χ2v) is 5.91. The Morgan fingerprint density at radius 2 is 2.16 bits per heavy atom. The minimum absolute atomic E-state index is 0.372. The molecule has 4 heteroatoms. The highest BCUT2D eigenvalue weighted by Gasteiger charge is 2.19. The molecule has 0 fully saturated rings. The molecule has 0 aliphatic heterocycles. The zero-order valence-electron chi connectivity index (χ0n) is 11.8. The van der Waals surface area contributed by atoms with Gasteiger partial charge < -0.3 is 15.5 Å². The maximum Gasteiger partial charge on any atom is 0.166 e. The van der Waals surface area contributed by atoms with Crippen LogP contribution in [0.4, 0.5) is 0 Å². The molecule has 1 aliphatic carbocycles. The van der Waals surface area contributed by atoms with E-state index < -0.39 is 0 Å². The molecule has 0 radical (unpaired) electrons. The maximum absolute atomic E-state index is 5.38. The minimum atomic E-state index is 0.372. The highest BCUT2D eigenvalue weighted by atomic mass is 32.1. The van der Waals surface area contributed by atoms with Crippen LogP contribution in [0, 0.1) is 0 Å². The number of benzene rings is 1. The Balaban J connectivity index is 1.88. The van der Waals surface area contributed by atoms with Gasteiger partial charge in [-0.3, -0.25) is 0 Å². The quantitative estimate of drug-likeness (QED) is 0.707. The van der Waals surface area contributed by atoms with Gasteiger partial charge in [-0.2, -0.15) is 0 Å². The Kier molecular flexibility index (Phi) is 5.16. The number of fused-ring (bicyclic) bond motifs is 1. The first-order valence-electron chi connectivity index (χ1n) is 7.08. The Bertz CT molecular complexity index is 431. The Labute approximate surface area is 121 Å². The molecule has 3 N–H and O–H groups in total. The van der Waals surface area contributed by atoms with Gasteiger partial charge in [-0.25, -0.2) is 0 Å². The summed E-state index contributed by atoms with van der Waals surface area (Å²) in [6.45, 7) is 1.99. The topological polar surface area (TPSA) is 28.5 Å². The average molecular weight is 278 g/mol. The first-order valence-corrected chi connectivity index (χ1v) is 7.49. The molecule has 0 spiro atoms. The normalized spacial score (nSPS) is 17.9. The van der Waals surface area contributed by atoms with Gasteiger partial charge in [-0.1, -0.05) is 24.3 Å². The molecule has 0 amide bonds. The highest BCUT2D eigenvalue weighted by Crippen LogP contribution is 2.29. The summed E-state index contributed by atoms with van der Waals surface area (Å²) < 4.78 is 0. The van der Waals surface area contributed by atoms with E-state index >= 15 is 0 Å². The molecule has 0 saturated heterocycles. The molecule has 3 nitrogen and oxygen atoms in total. The van der Waals surface area contributed by atoms with Crippen molar-refractivity contribution < 1.29 is 4.90 Å². The summed E-state index contributed by atoms with van der Waals surface area (Å²) >= 11 is 5.38. The van der Waals surface area contributed by atoms with E-state index in [2.05, 4.69) is 49.0 Å². The molecule has 0 saturated carbocycles. The molecule has 1 aliphatic rings. The van der Waals surface area contributed by atoms with Gasteiger partial charge in [0.1, 0.15) is 0 Å². The second kappa shape index (κ2) is 6.87. The Morgan fingerprint density at radius 3 is 2.95 bits per heavy atom. The monoisotopic (exact) mass is 278 g/mol. The van der Waals surface area contributed by atoms with Crippen molar-refractivity contribution in [1.29, 1.82) is 0 Å². The number of hydrogen-bond acceptors (Lipinski definition) is 1. The van der Waals surface area contributed by atoms with Crippen LogP contribution in [0.2, 0.25) is 0 Å². The van der Waals surface area contributed by atoms with Gasteiger partial charge in [0.15, 0.2) is 5.11 Å². The number of quaternary nitrogens is 1. The number of rotatable bonds is 4. The van der Waals surface area contributed by atoms with Crippen LogP contribution < -0.4 is 15.5 Å². The molecule has 0 heterocycles. The van der Waals surface area contributed by atoms with E-state index in [-0.39, 0.29) is 0 Å². The lowest BCUT2D eigenvalue weighted by Crippen LogP contribution is -3.06. The van der Waals surface area contributed by atoms with E-state index in [1.807, 2.05) is 0 Å². The van der Waals surface area contributed by atoms with Crippen LogP contribution in [-0.4, -0.2) is 32.3 Å². The van der Waals surface area contributed by atoms with Crippen LogP contribution in [-0.2, 0) is 6.42 Å². The smallest absolute Gasteiger partial charge is 0.166 e. The number of thiocarbonyl (C=S) groups is 1. The summed E-state index contributed by atoms with van der Waals surface area (Å²) in [4.78, 5) is 1.43. The van der Waals surface area contributed by atoms with Crippen LogP contribution in [0.25, 0.3) is 0 Å². The molecular formula is C15H24N3S+. The molecule has 0 aromatic heterocycles. The molecule has 1 aromatic rings. The minimum Gasteiger partial charge on any atom is -0.357 e. The zero-order valence-corrected chi connectivity index (χ0v) is 12.6. The summed E-state index contributed by atoms with van der Waals surface area (Å²) in [5.41, 5.74) is 2.88. The lowest BCUT2D eigenvalue weighted by atomic mass is 9.88. The highest BCUT2D eigenvalue weighted by molar-refractivity contribution is 7.80. The van der Waals surface area contributed by atoms with Crippen LogP contribution in [0.1, 0.15) is 30.0 Å². The predicted octanol–water partition coefficient (Wildman–Crippen LogP) is 0.673. The van der Waals surface area contributed by atoms with E-state index in [0.29, 0.717) is 6.04 Å². The van der Waals surface area contributed by atoms with Crippen molar-refractivity contribution in [3.05, 3.63) is 35.4 Å². The number of hydrogen-bond donors (Lipinski definition) is 3. The lowest BCUT2D eigenvalue weighted by molar-refractivity contribution is -0.856. The molecule has 1 aromatic carbocycles. The lowest BCUT2D eigenvalue weighted by Gasteiger charge is -2.27. The molecular weight excluding hydrogens is 254 g/mol. The summed E-state index contributed by atoms with van der Waals surface area (Å²) in [5, 5.41) is 7.53. The third kappa shape index (κ3) is 4.18. The first-order chi connectivity index (χ1) is 9.16. The van der Waals surface area contributed by atoms with E-state index in [1.54, 1.807) is 0 Å². The third-order valence-corrected chi connectivity index (χ3v) is 3.85. The van der Waals surface area contributed by atoms with Crippen LogP contribution >= 0.6 is 12.2 Å². The van der Waals surface area contributed by atoms with E-state index in [9.17, 15) is 0 Å². The van der Waals surface area contributed by atoms with Crippen molar-refractivity contribution in [2.75, 3.05) is 27.2 Å². The van der Waals surface area contributed by atoms with Gasteiger partial charge in [-0.05, 0) is 42.6 Å². The maximum atomic E-state index is 5.38. The zero-order chi connectivity index (χ0) is 13.7. The van der Waals surface area contributed by atoms with E-state index in [4.69, 9.17) is 12.2 Å². The van der Waals surface area contributed by atoms with E-state index in [1.165, 1.54) is 28.9 Å². The Morgan fingerprint density at radius 1 is 1.37 bits per heavy atom. The molecule has 19 heavy (non-hydrogen) atoms. The van der Waals surface area contributed by atoms with Gasteiger partial charge in [0, 0.05) is 0 Å². The fraction of sp³-hybridized carbons (Fsp3) is 0.533. The first kappa shape index (κ1) is 14.3. The van der Waals surface area contributed by atoms with Crippen molar-refractivity contribution in [2.24, 2.45) is 0 Å². The summed E-state index contributed by atoms with van der Waals surface area (Å²) in [7, 11) is 4.30. The largest absolute Gasteiger partial charge is 0.357 e. The van der Waals surface area contributed by atoms with E-state index in [0.717, 1.165) is 24.6 Å². The van der Waals surface area contributed by atoms with Gasteiger partial charge in [0.25, 0.3) is 0 Å². The summed E-state index contributed by atoms with van der Waals surface area (Å²) in [6.07, 6.45) is 3.59. The number of aryl methyl sites for hydroxylation is 1. The summed E-state index contributed by atoms with van der Waals surface area (Å²) in [6, 6.07) is 9.06. The van der Waals surface area contributed by atoms with Gasteiger partial charge >= 0.3 is 0 Å². The van der Waals surface area contributed by atoms with Gasteiger partial charge in [-0.15, -0.1) is 0 Å². The third-order valence-electron chi connectivity index (χ3n) is 3.59. The molecule has 2 rings (SSSR count). The van der Waals surface area contributed by atoms with Crippen molar-refractivity contribution in [3.63, 3.8) is 0 Å². The molecule has 0 unspecified atom stereocenters. The Hall–Kier alpha value is -1.13. The van der Waals surface area contributed by atoms with Crippen LogP contribution in [0.3, 0.4) is 0 Å². The molecule has 104 valence electrons. The summed E-state index contributed by atoms with van der Waals surface area (Å²) in [5.74, 6) is 0. The van der Waals surface area contributed by atoms with Crippen LogP contribution in [0.5, 0.6) is 0 Å². The fourth-order valence-electron chi connectivity index (χ4n) is 2.54. The predicted molar refractivity (Wildman–Crippen MR) is 83.5 cm³/mol. The van der Waals surface area contributed by atoms with Crippen LogP contribution in [0.15, 0.2) is 24.3 Å². The SMILES string of the molecule is C[NH+](C)CCNC(=S)N[C@@H]1CCCc2ccccc21. The standard InChI is InChI=1S/C15H23N3S/c1-18(2)11-10-16-15(19)17-14-9-5-7-12-6-3-4-8-13(12)14/h3-4,6,8,14H,5,7,9-11H2,1-2H3,(H2,16,17,19)/p+1/t14-/m1/s1. The fourth-order valence-corrected chi connectivity index (χ4v) is 2.78. The second-order valence-electron chi connectivity index (χ2n) is 5.50.